The number of carbonyl (C=O) groups is 1. The highest BCUT2D eigenvalue weighted by atomic mass is 16.2. The van der Waals surface area contributed by atoms with Gasteiger partial charge in [-0.1, -0.05) is 6.07 Å². The molecule has 7 nitrogen and oxygen atoms in total. The number of H-pyrrole nitrogens is 1. The molecule has 1 fully saturated rings. The summed E-state index contributed by atoms with van der Waals surface area (Å²) in [6, 6.07) is 5.60. The lowest BCUT2D eigenvalue weighted by Crippen LogP contribution is -2.52. The van der Waals surface area contributed by atoms with Crippen molar-refractivity contribution >= 4 is 11.7 Å². The number of nitrogens with zero attached hydrogens (tertiary/aromatic N) is 4. The molecule has 23 heavy (non-hydrogen) atoms. The fourth-order valence-corrected chi connectivity index (χ4v) is 3.30. The van der Waals surface area contributed by atoms with Crippen molar-refractivity contribution in [3.63, 3.8) is 0 Å². The summed E-state index contributed by atoms with van der Waals surface area (Å²) in [5.41, 5.74) is 1.93. The number of piperazine rings is 1. The second kappa shape index (κ2) is 6.00. The smallest absolute Gasteiger partial charge is 0.246 e. The van der Waals surface area contributed by atoms with E-state index in [0.717, 1.165) is 43.3 Å². The van der Waals surface area contributed by atoms with Crippen LogP contribution in [0.5, 0.6) is 0 Å². The summed E-state index contributed by atoms with van der Waals surface area (Å²) in [5.74, 6) is 1.10. The Bertz CT molecular complexity index is 677. The number of aromatic nitrogens is 3. The largest absolute Gasteiger partial charge is 0.353 e. The predicted octanol–water partition coefficient (Wildman–Crippen LogP) is 0.340. The van der Waals surface area contributed by atoms with Gasteiger partial charge in [-0.05, 0) is 12.1 Å². The van der Waals surface area contributed by atoms with Gasteiger partial charge < -0.3 is 20.1 Å². The molecule has 0 radical (unpaired) electrons. The van der Waals surface area contributed by atoms with Gasteiger partial charge in [-0.2, -0.15) is 0 Å². The van der Waals surface area contributed by atoms with Gasteiger partial charge >= 0.3 is 0 Å². The van der Waals surface area contributed by atoms with Crippen LogP contribution in [0.25, 0.3) is 0 Å². The highest BCUT2D eigenvalue weighted by Crippen LogP contribution is 2.22. The maximum Gasteiger partial charge on any atom is 0.246 e. The summed E-state index contributed by atoms with van der Waals surface area (Å²) < 4.78 is 0. The minimum atomic E-state index is -0.314. The SMILES string of the molecule is O=C([C@H]1NCCc2[nH]cnc21)N1CCN(c2ccccn2)CC1. The van der Waals surface area contributed by atoms with Crippen LogP contribution in [0.15, 0.2) is 30.7 Å². The molecule has 1 saturated heterocycles. The van der Waals surface area contributed by atoms with Gasteiger partial charge in [-0.3, -0.25) is 4.79 Å². The Labute approximate surface area is 134 Å². The van der Waals surface area contributed by atoms with Crippen LogP contribution in [0.4, 0.5) is 5.82 Å². The zero-order valence-electron chi connectivity index (χ0n) is 12.9. The van der Waals surface area contributed by atoms with E-state index in [4.69, 9.17) is 0 Å². The summed E-state index contributed by atoms with van der Waals surface area (Å²) in [7, 11) is 0. The van der Waals surface area contributed by atoms with Crippen LogP contribution in [0, 0.1) is 0 Å². The fourth-order valence-electron chi connectivity index (χ4n) is 3.30. The fraction of sp³-hybridized carbons (Fsp3) is 0.438. The standard InChI is InChI=1S/C16H20N6O/c23-16(15-14-12(4-6-18-15)19-11-20-14)22-9-7-21(8-10-22)13-3-1-2-5-17-13/h1-3,5,11,15,18H,4,6-10H2,(H,19,20)/t15-/m0/s1. The Morgan fingerprint density at radius 3 is 2.83 bits per heavy atom. The molecular formula is C16H20N6O. The molecule has 4 rings (SSSR count). The normalized spacial score (nSPS) is 21.1. The Hall–Kier alpha value is -2.41. The first-order chi connectivity index (χ1) is 11.3. The average molecular weight is 312 g/mol. The predicted molar refractivity (Wildman–Crippen MR) is 86.1 cm³/mol. The zero-order valence-corrected chi connectivity index (χ0v) is 12.9. The first-order valence-electron chi connectivity index (χ1n) is 8.03. The molecule has 4 heterocycles. The van der Waals surface area contributed by atoms with Crippen molar-refractivity contribution in [3.8, 4) is 0 Å². The minimum Gasteiger partial charge on any atom is -0.353 e. The third kappa shape index (κ3) is 2.68. The van der Waals surface area contributed by atoms with Gasteiger partial charge in [-0.25, -0.2) is 9.97 Å². The number of fused-ring (bicyclic) bond motifs is 1. The molecule has 2 aromatic heterocycles. The monoisotopic (exact) mass is 312 g/mol. The molecule has 0 bridgehead atoms. The van der Waals surface area contributed by atoms with Gasteiger partial charge in [0.05, 0.1) is 12.0 Å². The number of anilines is 1. The van der Waals surface area contributed by atoms with Crippen molar-refractivity contribution < 1.29 is 4.79 Å². The molecular weight excluding hydrogens is 292 g/mol. The van der Waals surface area contributed by atoms with Gasteiger partial charge in [0.25, 0.3) is 0 Å². The first kappa shape index (κ1) is 14.2. The lowest BCUT2D eigenvalue weighted by Gasteiger charge is -2.37. The number of hydrogen-bond acceptors (Lipinski definition) is 5. The van der Waals surface area contributed by atoms with Crippen LogP contribution in [-0.4, -0.2) is 58.5 Å². The molecule has 2 aliphatic rings. The Morgan fingerprint density at radius 2 is 2.04 bits per heavy atom. The van der Waals surface area contributed by atoms with E-state index in [-0.39, 0.29) is 11.9 Å². The van der Waals surface area contributed by atoms with E-state index in [1.165, 1.54) is 0 Å². The number of hydrogen-bond donors (Lipinski definition) is 2. The number of carbonyl (C=O) groups excluding carboxylic acids is 1. The highest BCUT2D eigenvalue weighted by Gasteiger charge is 2.33. The van der Waals surface area contributed by atoms with Crippen LogP contribution in [0.3, 0.4) is 0 Å². The number of pyridine rings is 1. The second-order valence-corrected chi connectivity index (χ2v) is 5.90. The summed E-state index contributed by atoms with van der Waals surface area (Å²) in [4.78, 5) is 28.8. The molecule has 0 spiro atoms. The second-order valence-electron chi connectivity index (χ2n) is 5.90. The number of rotatable bonds is 2. The van der Waals surface area contributed by atoms with Gasteiger partial charge in [0.1, 0.15) is 11.9 Å². The molecule has 2 N–H and O–H groups in total. The van der Waals surface area contributed by atoms with Crippen LogP contribution in [0.2, 0.25) is 0 Å². The van der Waals surface area contributed by atoms with E-state index < -0.39 is 0 Å². The van der Waals surface area contributed by atoms with E-state index >= 15 is 0 Å². The Kier molecular flexibility index (Phi) is 3.70. The highest BCUT2D eigenvalue weighted by molar-refractivity contribution is 5.83. The summed E-state index contributed by atoms with van der Waals surface area (Å²) in [5, 5.41) is 3.30. The van der Waals surface area contributed by atoms with Crippen LogP contribution in [0.1, 0.15) is 17.4 Å². The molecule has 2 aromatic rings. The summed E-state index contributed by atoms with van der Waals surface area (Å²) in [6.07, 6.45) is 4.38. The zero-order chi connectivity index (χ0) is 15.6. The number of imidazole rings is 1. The molecule has 0 unspecified atom stereocenters. The van der Waals surface area contributed by atoms with E-state index in [1.54, 1.807) is 12.5 Å². The third-order valence-electron chi connectivity index (χ3n) is 4.56. The first-order valence-corrected chi connectivity index (χ1v) is 8.03. The van der Waals surface area contributed by atoms with E-state index in [0.29, 0.717) is 13.1 Å². The van der Waals surface area contributed by atoms with Gasteiger partial charge in [-0.15, -0.1) is 0 Å². The number of aromatic amines is 1. The van der Waals surface area contributed by atoms with Crippen molar-refractivity contribution in [1.29, 1.82) is 0 Å². The molecule has 0 aliphatic carbocycles. The minimum absolute atomic E-state index is 0.124. The quantitative estimate of drug-likeness (QED) is 0.836. The number of amides is 1. The topological polar surface area (TPSA) is 77.2 Å². The van der Waals surface area contributed by atoms with Gasteiger partial charge in [0.2, 0.25) is 5.91 Å². The van der Waals surface area contributed by atoms with Crippen molar-refractivity contribution in [2.75, 3.05) is 37.6 Å². The van der Waals surface area contributed by atoms with Gasteiger partial charge in [0, 0.05) is 51.0 Å². The van der Waals surface area contributed by atoms with Crippen molar-refractivity contribution in [2.45, 2.75) is 12.5 Å². The molecule has 120 valence electrons. The maximum atomic E-state index is 12.8. The van der Waals surface area contributed by atoms with Crippen molar-refractivity contribution in [3.05, 3.63) is 42.1 Å². The van der Waals surface area contributed by atoms with Crippen LogP contribution in [-0.2, 0) is 11.2 Å². The van der Waals surface area contributed by atoms with Crippen LogP contribution < -0.4 is 10.2 Å². The molecule has 1 atom stereocenters. The summed E-state index contributed by atoms with van der Waals surface area (Å²) >= 11 is 0. The van der Waals surface area contributed by atoms with Gasteiger partial charge in [0.15, 0.2) is 0 Å². The molecule has 0 aromatic carbocycles. The Balaban J connectivity index is 1.42. The molecule has 1 amide bonds. The van der Waals surface area contributed by atoms with Crippen molar-refractivity contribution in [1.82, 2.24) is 25.2 Å². The maximum absolute atomic E-state index is 12.8. The van der Waals surface area contributed by atoms with Crippen LogP contribution >= 0.6 is 0 Å². The molecule has 2 aliphatic heterocycles. The number of nitrogens with one attached hydrogen (secondary N) is 2. The Morgan fingerprint density at radius 1 is 1.17 bits per heavy atom. The van der Waals surface area contributed by atoms with E-state index in [1.807, 2.05) is 23.1 Å². The molecule has 0 saturated carbocycles. The third-order valence-corrected chi connectivity index (χ3v) is 4.56. The molecule has 7 heteroatoms. The average Bonchev–Trinajstić information content (AvgIpc) is 3.11. The van der Waals surface area contributed by atoms with Crippen molar-refractivity contribution in [2.24, 2.45) is 0 Å². The lowest BCUT2D eigenvalue weighted by atomic mass is 10.0. The van der Waals surface area contributed by atoms with E-state index in [2.05, 4.69) is 25.2 Å². The van der Waals surface area contributed by atoms with E-state index in [9.17, 15) is 4.79 Å². The summed E-state index contributed by atoms with van der Waals surface area (Å²) in [6.45, 7) is 3.85. The lowest BCUT2D eigenvalue weighted by molar-refractivity contribution is -0.134.